The molecule has 0 spiro atoms. The summed E-state index contributed by atoms with van der Waals surface area (Å²) in [7, 11) is 0. The topological polar surface area (TPSA) is 82.2 Å². The molecule has 0 aliphatic carbocycles. The first kappa shape index (κ1) is 15.8. The molecule has 1 aliphatic rings. The molecule has 0 bridgehead atoms. The number of nitriles is 2. The van der Waals surface area contributed by atoms with Gasteiger partial charge in [-0.2, -0.15) is 15.5 Å². The van der Waals surface area contributed by atoms with Gasteiger partial charge >= 0.3 is 0 Å². The molecule has 1 aliphatic heterocycles. The molecular weight excluding hydrogens is 304 g/mol. The molecule has 1 saturated heterocycles. The van der Waals surface area contributed by atoms with Crippen molar-refractivity contribution in [1.29, 1.82) is 10.5 Å². The molecule has 0 atom stereocenters. The lowest BCUT2D eigenvalue weighted by molar-refractivity contribution is 0.122. The summed E-state index contributed by atoms with van der Waals surface area (Å²) in [5.74, 6) is 1.11. The van der Waals surface area contributed by atoms with Gasteiger partial charge in [0.05, 0.1) is 30.4 Å². The molecule has 1 aromatic carbocycles. The van der Waals surface area contributed by atoms with E-state index in [9.17, 15) is 5.26 Å². The van der Waals surface area contributed by atoms with Crippen LogP contribution in [0.3, 0.4) is 0 Å². The molecule has 120 valence electrons. The van der Waals surface area contributed by atoms with Crippen LogP contribution >= 0.6 is 0 Å². The van der Waals surface area contributed by atoms with Gasteiger partial charge in [-0.3, -0.25) is 0 Å². The minimum Gasteiger partial charge on any atom is -0.473 e. The fourth-order valence-corrected chi connectivity index (χ4v) is 2.45. The highest BCUT2D eigenvalue weighted by Crippen LogP contribution is 2.22. The number of hydrogen-bond donors (Lipinski definition) is 0. The first-order valence-corrected chi connectivity index (χ1v) is 7.66. The van der Waals surface area contributed by atoms with E-state index < -0.39 is 0 Å². The van der Waals surface area contributed by atoms with Crippen LogP contribution in [0.2, 0.25) is 0 Å². The predicted octanol–water partition coefficient (Wildman–Crippen LogP) is 2.24. The van der Waals surface area contributed by atoms with Crippen molar-refractivity contribution in [2.24, 2.45) is 0 Å². The molecule has 24 heavy (non-hydrogen) atoms. The van der Waals surface area contributed by atoms with E-state index in [0.717, 1.165) is 5.56 Å². The van der Waals surface area contributed by atoms with E-state index in [4.69, 9.17) is 14.7 Å². The van der Waals surface area contributed by atoms with Crippen molar-refractivity contribution in [3.8, 4) is 18.0 Å². The first-order valence-electron chi connectivity index (χ1n) is 7.66. The summed E-state index contributed by atoms with van der Waals surface area (Å²) in [6, 6.07) is 14.9. The maximum atomic E-state index is 9.28. The molecule has 2 heterocycles. The van der Waals surface area contributed by atoms with E-state index >= 15 is 0 Å². The number of aromatic nitrogens is 1. The molecule has 0 N–H and O–H groups in total. The lowest BCUT2D eigenvalue weighted by Crippen LogP contribution is -2.37. The van der Waals surface area contributed by atoms with Crippen LogP contribution in [0.5, 0.6) is 5.88 Å². The molecule has 0 amide bonds. The van der Waals surface area contributed by atoms with Crippen molar-refractivity contribution in [2.75, 3.05) is 31.2 Å². The zero-order valence-electron chi connectivity index (χ0n) is 13.1. The monoisotopic (exact) mass is 320 g/mol. The summed E-state index contributed by atoms with van der Waals surface area (Å²) in [5, 5.41) is 18.1. The van der Waals surface area contributed by atoms with Gasteiger partial charge in [0.25, 0.3) is 0 Å². The zero-order chi connectivity index (χ0) is 16.8. The van der Waals surface area contributed by atoms with Gasteiger partial charge in [0.15, 0.2) is 5.82 Å². The summed E-state index contributed by atoms with van der Waals surface area (Å²) in [4.78, 5) is 6.53. The van der Waals surface area contributed by atoms with E-state index in [1.807, 2.05) is 17.0 Å². The minimum absolute atomic E-state index is 0.354. The number of ether oxygens (including phenoxy) is 2. The molecule has 1 aromatic heterocycles. The third kappa shape index (κ3) is 3.62. The summed E-state index contributed by atoms with van der Waals surface area (Å²) in [6.07, 6.45) is 0. The van der Waals surface area contributed by atoms with Gasteiger partial charge < -0.3 is 14.4 Å². The van der Waals surface area contributed by atoms with E-state index in [2.05, 4.69) is 17.1 Å². The number of pyridine rings is 1. The third-order valence-electron chi connectivity index (χ3n) is 3.75. The molecule has 0 unspecified atom stereocenters. The van der Waals surface area contributed by atoms with Gasteiger partial charge in [0.1, 0.15) is 12.7 Å². The Hall–Kier alpha value is -3.09. The minimum atomic E-state index is 0.354. The Balaban J connectivity index is 1.73. The van der Waals surface area contributed by atoms with Crippen LogP contribution in [0.25, 0.3) is 0 Å². The van der Waals surface area contributed by atoms with Gasteiger partial charge in [0, 0.05) is 19.2 Å². The second-order valence-corrected chi connectivity index (χ2v) is 5.33. The highest BCUT2D eigenvalue weighted by molar-refractivity contribution is 5.55. The van der Waals surface area contributed by atoms with Gasteiger partial charge in [-0.25, -0.2) is 0 Å². The summed E-state index contributed by atoms with van der Waals surface area (Å²) in [5.41, 5.74) is 2.10. The van der Waals surface area contributed by atoms with Gasteiger partial charge in [0.2, 0.25) is 5.88 Å². The van der Waals surface area contributed by atoms with Gasteiger partial charge in [-0.05, 0) is 23.8 Å². The third-order valence-corrected chi connectivity index (χ3v) is 3.75. The molecule has 2 aromatic rings. The molecule has 1 fully saturated rings. The smallest absolute Gasteiger partial charge is 0.215 e. The van der Waals surface area contributed by atoms with E-state index in [1.165, 1.54) is 0 Å². The van der Waals surface area contributed by atoms with Gasteiger partial charge in [-0.1, -0.05) is 12.1 Å². The lowest BCUT2D eigenvalue weighted by Gasteiger charge is -2.28. The number of anilines is 1. The van der Waals surface area contributed by atoms with Crippen molar-refractivity contribution < 1.29 is 9.47 Å². The Morgan fingerprint density at radius 2 is 1.79 bits per heavy atom. The van der Waals surface area contributed by atoms with Crippen LogP contribution in [0.15, 0.2) is 36.4 Å². The fourth-order valence-electron chi connectivity index (χ4n) is 2.45. The molecule has 3 rings (SSSR count). The van der Waals surface area contributed by atoms with Gasteiger partial charge in [-0.15, -0.1) is 0 Å². The highest BCUT2D eigenvalue weighted by atomic mass is 16.5. The Morgan fingerprint density at radius 1 is 1.04 bits per heavy atom. The molecule has 6 nitrogen and oxygen atoms in total. The number of benzene rings is 1. The Labute approximate surface area is 140 Å². The Morgan fingerprint density at radius 3 is 2.46 bits per heavy atom. The molecular formula is C18H16N4O2. The average molecular weight is 320 g/mol. The van der Waals surface area contributed by atoms with Crippen molar-refractivity contribution >= 4 is 5.82 Å². The van der Waals surface area contributed by atoms with Crippen molar-refractivity contribution in [1.82, 2.24) is 4.98 Å². The van der Waals surface area contributed by atoms with Crippen molar-refractivity contribution in [2.45, 2.75) is 6.61 Å². The number of nitrogens with zero attached hydrogens (tertiary/aromatic N) is 4. The SMILES string of the molecule is N#Cc1ccc(COc2ccc(C#N)c(N3CCOCC3)n2)cc1. The van der Waals surface area contributed by atoms with Crippen molar-refractivity contribution in [3.05, 3.63) is 53.1 Å². The van der Waals surface area contributed by atoms with Crippen LogP contribution in [0.4, 0.5) is 5.82 Å². The fraction of sp³-hybridized carbons (Fsp3) is 0.278. The lowest BCUT2D eigenvalue weighted by atomic mass is 10.2. The average Bonchev–Trinajstić information content (AvgIpc) is 2.67. The predicted molar refractivity (Wildman–Crippen MR) is 87.5 cm³/mol. The largest absolute Gasteiger partial charge is 0.473 e. The van der Waals surface area contributed by atoms with E-state index in [0.29, 0.717) is 55.7 Å². The first-order chi connectivity index (χ1) is 11.8. The van der Waals surface area contributed by atoms with Crippen LogP contribution < -0.4 is 9.64 Å². The quantitative estimate of drug-likeness (QED) is 0.859. The van der Waals surface area contributed by atoms with Crippen LogP contribution in [-0.4, -0.2) is 31.3 Å². The summed E-state index contributed by atoms with van der Waals surface area (Å²) >= 11 is 0. The van der Waals surface area contributed by atoms with Crippen LogP contribution in [0, 0.1) is 22.7 Å². The number of rotatable bonds is 4. The Kier molecular flexibility index (Phi) is 4.90. The number of morpholine rings is 1. The van der Waals surface area contributed by atoms with Crippen LogP contribution in [0.1, 0.15) is 16.7 Å². The second kappa shape index (κ2) is 7.45. The van der Waals surface area contributed by atoms with Crippen LogP contribution in [-0.2, 0) is 11.3 Å². The highest BCUT2D eigenvalue weighted by Gasteiger charge is 2.17. The second-order valence-electron chi connectivity index (χ2n) is 5.33. The standard InChI is InChI=1S/C18H16N4O2/c19-11-14-1-3-15(4-2-14)13-24-17-6-5-16(12-20)18(21-17)22-7-9-23-10-8-22/h1-6H,7-10,13H2. The number of hydrogen-bond acceptors (Lipinski definition) is 6. The summed E-state index contributed by atoms with van der Waals surface area (Å²) in [6.45, 7) is 3.03. The van der Waals surface area contributed by atoms with E-state index in [1.54, 1.807) is 24.3 Å². The Bertz CT molecular complexity index is 784. The normalized spacial score (nSPS) is 13.8. The molecule has 0 radical (unpaired) electrons. The molecule has 0 saturated carbocycles. The molecule has 6 heteroatoms. The van der Waals surface area contributed by atoms with E-state index in [-0.39, 0.29) is 0 Å². The summed E-state index contributed by atoms with van der Waals surface area (Å²) < 4.78 is 11.1. The maximum absolute atomic E-state index is 9.28. The zero-order valence-corrected chi connectivity index (χ0v) is 13.1. The van der Waals surface area contributed by atoms with Crippen molar-refractivity contribution in [3.63, 3.8) is 0 Å². The maximum Gasteiger partial charge on any atom is 0.215 e.